The van der Waals surface area contributed by atoms with Gasteiger partial charge in [0.25, 0.3) is 0 Å². The number of nitrogens with zero attached hydrogens (tertiary/aromatic N) is 1. The van der Waals surface area contributed by atoms with Gasteiger partial charge in [-0.2, -0.15) is 0 Å². The van der Waals surface area contributed by atoms with E-state index in [0.717, 1.165) is 23.1 Å². The van der Waals surface area contributed by atoms with Gasteiger partial charge in [0, 0.05) is 37.9 Å². The van der Waals surface area contributed by atoms with Gasteiger partial charge in [0.1, 0.15) is 26.1 Å². The zero-order valence-electron chi connectivity index (χ0n) is 16.1. The largest absolute Gasteiger partial charge is 0.426 e. The summed E-state index contributed by atoms with van der Waals surface area (Å²) in [6.45, 7) is 2.92. The van der Waals surface area contributed by atoms with Crippen LogP contribution in [0.25, 0.3) is 0 Å². The van der Waals surface area contributed by atoms with Gasteiger partial charge in [-0.1, -0.05) is 30.4 Å². The number of aryl methyl sites for hydroxylation is 2. The van der Waals surface area contributed by atoms with Crippen molar-refractivity contribution in [3.05, 3.63) is 56.5 Å². The Morgan fingerprint density at radius 1 is 1.48 bits per heavy atom. The number of H-pyrrole nitrogens is 1. The minimum Gasteiger partial charge on any atom is -0.426 e. The molecule has 0 amide bonds. The summed E-state index contributed by atoms with van der Waals surface area (Å²) in [5.41, 5.74) is 1.70. The Morgan fingerprint density at radius 3 is 2.93 bits per heavy atom. The lowest BCUT2D eigenvalue weighted by atomic mass is 9.97. The maximum atomic E-state index is 13.0. The van der Waals surface area contributed by atoms with Crippen LogP contribution in [0.3, 0.4) is 0 Å². The van der Waals surface area contributed by atoms with Gasteiger partial charge in [0.15, 0.2) is 5.82 Å². The van der Waals surface area contributed by atoms with Crippen molar-refractivity contribution in [2.45, 2.75) is 32.5 Å². The van der Waals surface area contributed by atoms with E-state index in [1.807, 2.05) is 25.1 Å². The monoisotopic (exact) mass is 436 g/mol. The van der Waals surface area contributed by atoms with Crippen molar-refractivity contribution in [1.82, 2.24) is 9.55 Å². The van der Waals surface area contributed by atoms with Gasteiger partial charge < -0.3 is 13.8 Å². The number of methoxy groups -OCH3 is 1. The molecule has 1 aliphatic heterocycles. The van der Waals surface area contributed by atoms with E-state index in [1.54, 1.807) is 0 Å². The molecule has 0 saturated heterocycles. The number of hydrogen-bond acceptors (Lipinski definition) is 6. The molecule has 0 saturated carbocycles. The second-order valence-electron chi connectivity index (χ2n) is 5.94. The highest BCUT2D eigenvalue weighted by atomic mass is 32.1. The molecule has 12 heteroatoms. The van der Waals surface area contributed by atoms with Crippen molar-refractivity contribution < 1.29 is 22.7 Å². The molecule has 152 valence electrons. The van der Waals surface area contributed by atoms with Gasteiger partial charge in [-0.3, -0.25) is 14.1 Å². The minimum absolute atomic E-state index is 0.118. The molecule has 1 unspecified atom stereocenters. The first-order chi connectivity index (χ1) is 13.8. The van der Waals surface area contributed by atoms with Gasteiger partial charge in [0.05, 0.1) is 6.61 Å². The van der Waals surface area contributed by atoms with Crippen molar-refractivity contribution in [2.24, 2.45) is 0 Å². The Bertz CT molecular complexity index is 929. The van der Waals surface area contributed by atoms with Crippen LogP contribution in [0.2, 0.25) is 0 Å². The van der Waals surface area contributed by atoms with E-state index in [0.29, 0.717) is 13.0 Å². The molecule has 2 aromatic rings. The van der Waals surface area contributed by atoms with E-state index in [-0.39, 0.29) is 17.7 Å². The number of benzene rings is 1. The van der Waals surface area contributed by atoms with Crippen LogP contribution < -0.4 is 10.2 Å². The molecule has 4 radical (unpaired) electrons. The lowest BCUT2D eigenvalue weighted by Crippen LogP contribution is -2.25. The molecule has 2 atom stereocenters. The first-order valence-electron chi connectivity index (χ1n) is 8.65. The summed E-state index contributed by atoms with van der Waals surface area (Å²) in [5.74, 6) is 0.244. The van der Waals surface area contributed by atoms with E-state index in [9.17, 15) is 9.18 Å². The summed E-state index contributed by atoms with van der Waals surface area (Å²) in [5, 5.41) is 0. The molecule has 0 fully saturated rings. The number of halogens is 1. The van der Waals surface area contributed by atoms with Crippen molar-refractivity contribution >= 4 is 36.5 Å². The third kappa shape index (κ3) is 7.04. The second-order valence-corrected chi connectivity index (χ2v) is 7.49. The van der Waals surface area contributed by atoms with Crippen LogP contribution in [-0.2, 0) is 26.9 Å². The quantitative estimate of drug-likeness (QED) is 0.427. The summed E-state index contributed by atoms with van der Waals surface area (Å²) in [6.07, 6.45) is 1.48. The van der Waals surface area contributed by atoms with Crippen molar-refractivity contribution in [3.63, 3.8) is 0 Å². The van der Waals surface area contributed by atoms with Crippen molar-refractivity contribution in [3.8, 4) is 5.75 Å². The van der Waals surface area contributed by atoms with Crippen LogP contribution in [0.1, 0.15) is 17.5 Å². The molecule has 2 heterocycles. The van der Waals surface area contributed by atoms with E-state index < -0.39 is 26.1 Å². The summed E-state index contributed by atoms with van der Waals surface area (Å²) in [7, 11) is 10.9. The van der Waals surface area contributed by atoms with Crippen LogP contribution in [0.5, 0.6) is 5.75 Å². The fourth-order valence-corrected chi connectivity index (χ4v) is 3.43. The van der Waals surface area contributed by atoms with Crippen molar-refractivity contribution in [1.29, 1.82) is 0 Å². The summed E-state index contributed by atoms with van der Waals surface area (Å²) >= 11 is 4.57. The normalized spacial score (nSPS) is 16.2. The van der Waals surface area contributed by atoms with Crippen LogP contribution in [0.4, 0.5) is 4.39 Å². The average molecular weight is 436 g/mol. The Balaban J connectivity index is 0.000000207. The Morgan fingerprint density at radius 2 is 2.24 bits per heavy atom. The number of fused-ring (bicyclic) bond motifs is 1. The van der Waals surface area contributed by atoms with Gasteiger partial charge in [-0.05, 0) is 18.9 Å². The fourth-order valence-electron chi connectivity index (χ4n) is 2.34. The number of aromatic nitrogens is 2. The van der Waals surface area contributed by atoms with Crippen molar-refractivity contribution in [2.75, 3.05) is 13.6 Å². The molecular weight excluding hydrogens is 416 g/mol. The highest BCUT2D eigenvalue weighted by Gasteiger charge is 2.23. The molecule has 0 bridgehead atoms. The maximum Gasteiger partial charge on any atom is 0.396 e. The van der Waals surface area contributed by atoms with Gasteiger partial charge in [-0.25, -0.2) is 9.18 Å². The summed E-state index contributed by atoms with van der Waals surface area (Å²) in [4.78, 5) is 13.5. The van der Waals surface area contributed by atoms with Gasteiger partial charge in [0.2, 0.25) is 0 Å². The van der Waals surface area contributed by atoms with E-state index in [2.05, 4.69) is 17.2 Å². The molecule has 1 aliphatic rings. The number of rotatable bonds is 6. The smallest absolute Gasteiger partial charge is 0.396 e. The number of hydrogen-bond donors (Lipinski definition) is 1. The third-order valence-electron chi connectivity index (χ3n) is 3.89. The second kappa shape index (κ2) is 11.6. The first-order valence-corrected chi connectivity index (χ1v) is 10.2. The lowest BCUT2D eigenvalue weighted by molar-refractivity contribution is 0.154. The predicted molar refractivity (Wildman–Crippen MR) is 112 cm³/mol. The van der Waals surface area contributed by atoms with Crippen LogP contribution in [-0.4, -0.2) is 44.9 Å². The number of nitrogens with one attached hydrogen (secondary N) is 1. The van der Waals surface area contributed by atoms with Crippen LogP contribution in [0.15, 0.2) is 29.2 Å². The van der Waals surface area contributed by atoms with E-state index >= 15 is 0 Å². The fraction of sp³-hybridized carbons (Fsp3) is 0.412. The number of para-hydroxylation sites is 1. The topological polar surface area (TPSA) is 74.7 Å². The summed E-state index contributed by atoms with van der Waals surface area (Å²) < 4.78 is 34.8. The van der Waals surface area contributed by atoms with Gasteiger partial charge in [-0.15, -0.1) is 0 Å². The summed E-state index contributed by atoms with van der Waals surface area (Å²) in [6, 6.07) is 5.50. The lowest BCUT2D eigenvalue weighted by Gasteiger charge is -2.24. The van der Waals surface area contributed by atoms with E-state index in [4.69, 9.17) is 34.0 Å². The molecule has 1 aromatic carbocycles. The maximum absolute atomic E-state index is 13.0. The molecule has 0 spiro atoms. The average Bonchev–Trinajstić information content (AvgIpc) is 2.71. The number of ether oxygens (including phenoxy) is 1. The minimum atomic E-state index is -1.30. The van der Waals surface area contributed by atoms with Gasteiger partial charge >= 0.3 is 14.3 Å². The Labute approximate surface area is 177 Å². The van der Waals surface area contributed by atoms with Crippen LogP contribution >= 0.6 is 20.8 Å². The molecule has 3 rings (SSSR count). The first kappa shape index (κ1) is 23.8. The Kier molecular flexibility index (Phi) is 9.52. The molecule has 7 nitrogen and oxygen atoms in total. The molecule has 29 heavy (non-hydrogen) atoms. The molecular formula is C17H20B2FN2O5PS. The zero-order chi connectivity index (χ0) is 21.4. The molecule has 1 N–H and O–H groups in total. The zero-order valence-corrected chi connectivity index (χ0v) is 17.8. The van der Waals surface area contributed by atoms with E-state index in [1.165, 1.54) is 11.7 Å². The predicted octanol–water partition coefficient (Wildman–Crippen LogP) is 2.85. The van der Waals surface area contributed by atoms with Crippen LogP contribution in [0, 0.1) is 17.4 Å². The SMILES string of the molecule is [B]COP1OCc2cccc(C)c2O1.[B][C@H](CCn1cc(F)c(=S)[nH]c1=O)OC. The Hall–Kier alpha value is -1.51. The highest BCUT2D eigenvalue weighted by molar-refractivity contribution is 7.71. The third-order valence-corrected chi connectivity index (χ3v) is 5.22. The standard InChI is InChI=1S/C9H10BO3P.C8H10BFN2O2S/c1-7-3-2-4-8-5-11-14(12-6-10)13-9(7)8;1-14-6(9)2-3-12-4-5(10)7(15)11-8(12)13/h2-4H,5-6H2,1H3;4,6H,2-3H2,1H3,(H,11,13,15)/t;6-/m.0/s1. The number of aromatic amines is 1. The molecule has 1 aromatic heterocycles. The highest BCUT2D eigenvalue weighted by Crippen LogP contribution is 2.47. The molecule has 0 aliphatic carbocycles.